The van der Waals surface area contributed by atoms with Crippen LogP contribution in [-0.2, 0) is 4.74 Å². The Kier molecular flexibility index (Phi) is 3.61. The van der Waals surface area contributed by atoms with Gasteiger partial charge < -0.3 is 15.4 Å². The molecule has 0 spiro atoms. The van der Waals surface area contributed by atoms with Gasteiger partial charge in [0.25, 0.3) is 0 Å². The number of nitrogens with one attached hydrogen (secondary N) is 2. The number of ether oxygens (including phenoxy) is 1. The van der Waals surface area contributed by atoms with Gasteiger partial charge in [0.05, 0.1) is 0 Å². The van der Waals surface area contributed by atoms with Gasteiger partial charge in [0.1, 0.15) is 5.60 Å². The molecule has 1 aliphatic carbocycles. The summed E-state index contributed by atoms with van der Waals surface area (Å²) in [5, 5.41) is 6.32. The van der Waals surface area contributed by atoms with Gasteiger partial charge >= 0.3 is 6.09 Å². The van der Waals surface area contributed by atoms with E-state index in [0.29, 0.717) is 5.92 Å². The molecular formula is C13H24N2O2. The summed E-state index contributed by atoms with van der Waals surface area (Å²) in [6.07, 6.45) is 2.20. The first-order chi connectivity index (χ1) is 7.94. The van der Waals surface area contributed by atoms with Crippen molar-refractivity contribution in [3.8, 4) is 0 Å². The maximum absolute atomic E-state index is 11.5. The molecule has 0 aromatic carbocycles. The lowest BCUT2D eigenvalue weighted by Gasteiger charge is -2.20. The largest absolute Gasteiger partial charge is 0.444 e. The molecule has 1 aliphatic heterocycles. The summed E-state index contributed by atoms with van der Waals surface area (Å²) in [6, 6.07) is 0. The van der Waals surface area contributed by atoms with Crippen LogP contribution in [0.15, 0.2) is 0 Å². The SMILES string of the molecule is CC(C)(C)OC(=O)NCC1CC2CNCC2C1. The molecule has 1 amide bonds. The van der Waals surface area contributed by atoms with Crippen LogP contribution in [0.25, 0.3) is 0 Å². The predicted molar refractivity (Wildman–Crippen MR) is 66.8 cm³/mol. The highest BCUT2D eigenvalue weighted by Crippen LogP contribution is 2.38. The van der Waals surface area contributed by atoms with Gasteiger partial charge in [0, 0.05) is 6.54 Å². The molecule has 2 fully saturated rings. The van der Waals surface area contributed by atoms with E-state index in [-0.39, 0.29) is 6.09 Å². The minimum atomic E-state index is -0.403. The summed E-state index contributed by atoms with van der Waals surface area (Å²) in [5.41, 5.74) is -0.403. The van der Waals surface area contributed by atoms with E-state index < -0.39 is 5.60 Å². The third kappa shape index (κ3) is 3.60. The predicted octanol–water partition coefficient (Wildman–Crippen LogP) is 1.76. The number of carbonyl (C=O) groups is 1. The Labute approximate surface area is 103 Å². The molecule has 2 aliphatic rings. The maximum atomic E-state index is 11.5. The number of alkyl carbamates (subject to hydrolysis) is 1. The average molecular weight is 240 g/mol. The van der Waals surface area contributed by atoms with Crippen LogP contribution in [0.3, 0.4) is 0 Å². The molecule has 4 nitrogen and oxygen atoms in total. The van der Waals surface area contributed by atoms with Crippen molar-refractivity contribution in [3.05, 3.63) is 0 Å². The Morgan fingerprint density at radius 3 is 2.41 bits per heavy atom. The molecule has 2 N–H and O–H groups in total. The van der Waals surface area contributed by atoms with Crippen LogP contribution in [0.1, 0.15) is 33.6 Å². The zero-order valence-electron chi connectivity index (χ0n) is 11.1. The highest BCUT2D eigenvalue weighted by atomic mass is 16.6. The number of hydrogen-bond acceptors (Lipinski definition) is 3. The Hall–Kier alpha value is -0.770. The van der Waals surface area contributed by atoms with Crippen molar-refractivity contribution >= 4 is 6.09 Å². The summed E-state index contributed by atoms with van der Waals surface area (Å²) in [5.74, 6) is 2.31. The highest BCUT2D eigenvalue weighted by molar-refractivity contribution is 5.67. The molecule has 98 valence electrons. The third-order valence-electron chi connectivity index (χ3n) is 3.69. The van der Waals surface area contributed by atoms with Crippen molar-refractivity contribution < 1.29 is 9.53 Å². The number of rotatable bonds is 2. The van der Waals surface area contributed by atoms with Crippen LogP contribution >= 0.6 is 0 Å². The molecule has 17 heavy (non-hydrogen) atoms. The molecule has 1 saturated carbocycles. The quantitative estimate of drug-likeness (QED) is 0.773. The van der Waals surface area contributed by atoms with E-state index in [9.17, 15) is 4.79 Å². The fourth-order valence-electron chi connectivity index (χ4n) is 3.00. The highest BCUT2D eigenvalue weighted by Gasteiger charge is 2.37. The second-order valence-electron chi connectivity index (χ2n) is 6.40. The molecule has 0 aromatic heterocycles. The smallest absolute Gasteiger partial charge is 0.407 e. The van der Waals surface area contributed by atoms with E-state index >= 15 is 0 Å². The molecule has 0 radical (unpaired) electrons. The molecule has 0 aromatic rings. The van der Waals surface area contributed by atoms with Gasteiger partial charge in [-0.05, 0) is 64.5 Å². The molecule has 2 atom stereocenters. The molecular weight excluding hydrogens is 216 g/mol. The molecule has 2 unspecified atom stereocenters. The second kappa shape index (κ2) is 4.84. The van der Waals surface area contributed by atoms with Crippen LogP contribution in [0.2, 0.25) is 0 Å². The van der Waals surface area contributed by atoms with Gasteiger partial charge in [-0.1, -0.05) is 0 Å². The Balaban J connectivity index is 1.68. The van der Waals surface area contributed by atoms with Crippen molar-refractivity contribution in [2.45, 2.75) is 39.2 Å². The van der Waals surface area contributed by atoms with E-state index in [0.717, 1.165) is 31.5 Å². The van der Waals surface area contributed by atoms with Gasteiger partial charge in [0.2, 0.25) is 0 Å². The number of amides is 1. The molecule has 2 rings (SSSR count). The van der Waals surface area contributed by atoms with Crippen LogP contribution < -0.4 is 10.6 Å². The fraction of sp³-hybridized carbons (Fsp3) is 0.923. The van der Waals surface area contributed by atoms with Gasteiger partial charge in [-0.15, -0.1) is 0 Å². The zero-order valence-corrected chi connectivity index (χ0v) is 11.1. The van der Waals surface area contributed by atoms with E-state index in [1.54, 1.807) is 0 Å². The standard InChI is InChI=1S/C13H24N2O2/c1-13(2,3)17-12(16)15-6-9-4-10-7-14-8-11(10)5-9/h9-11,14H,4-8H2,1-3H3,(H,15,16). The number of carbonyl (C=O) groups excluding carboxylic acids is 1. The third-order valence-corrected chi connectivity index (χ3v) is 3.69. The van der Waals surface area contributed by atoms with Crippen molar-refractivity contribution in [2.24, 2.45) is 17.8 Å². The monoisotopic (exact) mass is 240 g/mol. The molecule has 1 saturated heterocycles. The fourth-order valence-corrected chi connectivity index (χ4v) is 3.00. The Bertz CT molecular complexity index is 274. The first-order valence-electron chi connectivity index (χ1n) is 6.61. The van der Waals surface area contributed by atoms with Crippen molar-refractivity contribution in [1.82, 2.24) is 10.6 Å². The lowest BCUT2D eigenvalue weighted by atomic mass is 10.0. The van der Waals surface area contributed by atoms with E-state index in [1.807, 2.05) is 20.8 Å². The topological polar surface area (TPSA) is 50.4 Å². The lowest BCUT2D eigenvalue weighted by molar-refractivity contribution is 0.0519. The number of hydrogen-bond donors (Lipinski definition) is 2. The van der Waals surface area contributed by atoms with E-state index in [1.165, 1.54) is 12.8 Å². The van der Waals surface area contributed by atoms with Crippen LogP contribution in [-0.4, -0.2) is 31.3 Å². The Morgan fingerprint density at radius 1 is 1.29 bits per heavy atom. The lowest BCUT2D eigenvalue weighted by Crippen LogP contribution is -2.35. The first kappa shape index (κ1) is 12.7. The maximum Gasteiger partial charge on any atom is 0.407 e. The van der Waals surface area contributed by atoms with Crippen molar-refractivity contribution in [3.63, 3.8) is 0 Å². The van der Waals surface area contributed by atoms with Gasteiger partial charge in [-0.2, -0.15) is 0 Å². The number of fused-ring (bicyclic) bond motifs is 1. The van der Waals surface area contributed by atoms with Gasteiger partial charge in [0.15, 0.2) is 0 Å². The van der Waals surface area contributed by atoms with Crippen LogP contribution in [0.5, 0.6) is 0 Å². The van der Waals surface area contributed by atoms with E-state index in [2.05, 4.69) is 10.6 Å². The molecule has 1 heterocycles. The summed E-state index contributed by atoms with van der Waals surface area (Å²) in [4.78, 5) is 11.5. The second-order valence-corrected chi connectivity index (χ2v) is 6.40. The summed E-state index contributed by atoms with van der Waals surface area (Å²) < 4.78 is 5.23. The van der Waals surface area contributed by atoms with Crippen LogP contribution in [0.4, 0.5) is 4.79 Å². The first-order valence-corrected chi connectivity index (χ1v) is 6.61. The summed E-state index contributed by atoms with van der Waals surface area (Å²) in [6.45, 7) is 8.75. The molecule has 0 bridgehead atoms. The zero-order chi connectivity index (χ0) is 12.5. The normalized spacial score (nSPS) is 32.3. The van der Waals surface area contributed by atoms with E-state index in [4.69, 9.17) is 4.74 Å². The minimum absolute atomic E-state index is 0.285. The van der Waals surface area contributed by atoms with Crippen molar-refractivity contribution in [1.29, 1.82) is 0 Å². The average Bonchev–Trinajstić information content (AvgIpc) is 2.70. The summed E-state index contributed by atoms with van der Waals surface area (Å²) >= 11 is 0. The van der Waals surface area contributed by atoms with Gasteiger partial charge in [-0.25, -0.2) is 4.79 Å². The Morgan fingerprint density at radius 2 is 1.88 bits per heavy atom. The van der Waals surface area contributed by atoms with Gasteiger partial charge in [-0.3, -0.25) is 0 Å². The minimum Gasteiger partial charge on any atom is -0.444 e. The summed E-state index contributed by atoms with van der Waals surface area (Å²) in [7, 11) is 0. The van der Waals surface area contributed by atoms with Crippen LogP contribution in [0, 0.1) is 17.8 Å². The van der Waals surface area contributed by atoms with Crippen molar-refractivity contribution in [2.75, 3.05) is 19.6 Å². The molecule has 4 heteroatoms.